The molecule has 3 aromatic rings. The highest BCUT2D eigenvalue weighted by molar-refractivity contribution is 7.09. The summed E-state index contributed by atoms with van der Waals surface area (Å²) in [7, 11) is 0. The van der Waals surface area contributed by atoms with Crippen molar-refractivity contribution in [2.45, 2.75) is 77.5 Å². The number of thiophene rings is 1. The number of hydrogen-bond acceptors (Lipinski definition) is 5. The summed E-state index contributed by atoms with van der Waals surface area (Å²) in [4.78, 5) is 41.6. The van der Waals surface area contributed by atoms with Crippen molar-refractivity contribution in [3.05, 3.63) is 88.1 Å². The Bertz CT molecular complexity index is 1200. The molecule has 0 aliphatic carbocycles. The lowest BCUT2D eigenvalue weighted by molar-refractivity contribution is -0.137. The van der Waals surface area contributed by atoms with E-state index in [1.54, 1.807) is 40.5 Å². The number of benzene rings is 2. The number of ether oxygens (including phenoxy) is 1. The van der Waals surface area contributed by atoms with E-state index in [9.17, 15) is 19.5 Å². The van der Waals surface area contributed by atoms with Crippen LogP contribution in [0.15, 0.2) is 72.1 Å². The Kier molecular flexibility index (Phi) is 13.2. The average Bonchev–Trinajstić information content (AvgIpc) is 3.48. The van der Waals surface area contributed by atoms with Gasteiger partial charge >= 0.3 is 12.0 Å². The minimum Gasteiger partial charge on any atom is -0.494 e. The smallest absolute Gasteiger partial charge is 0.315 e. The van der Waals surface area contributed by atoms with Gasteiger partial charge in [-0.25, -0.2) is 4.79 Å². The topological polar surface area (TPSA) is 108 Å². The fraction of sp³-hybridized carbons (Fsp3) is 0.406. The maximum absolute atomic E-state index is 13.9. The molecule has 0 saturated heterocycles. The van der Waals surface area contributed by atoms with Crippen molar-refractivity contribution in [1.82, 2.24) is 15.5 Å². The standard InChI is InChI=1S/C32H41N3O5S/c1-3-5-14-28(31(38)35(23-27-13-10-20-41-27)22-24-11-8-7-9-12-24)33-32(39)34-29(21-30(36)37)25-15-17-26(18-16-25)40-19-6-4-2/h7-13,15-18,20,28-29H,3-6,14,19,21-23H2,1-2H3,(H,36,37)(H2,33,34,39)/t28-,29-/m1/s1. The third-order valence-corrected chi connectivity index (χ3v) is 7.50. The number of carboxylic acid groups (broad SMARTS) is 1. The van der Waals surface area contributed by atoms with Gasteiger partial charge in [0.2, 0.25) is 5.91 Å². The quantitative estimate of drug-likeness (QED) is 0.158. The monoisotopic (exact) mass is 579 g/mol. The summed E-state index contributed by atoms with van der Waals surface area (Å²) >= 11 is 1.58. The molecular formula is C32H41N3O5S. The maximum Gasteiger partial charge on any atom is 0.315 e. The van der Waals surface area contributed by atoms with Crippen molar-refractivity contribution in [2.75, 3.05) is 6.61 Å². The Hall–Kier alpha value is -3.85. The summed E-state index contributed by atoms with van der Waals surface area (Å²) in [5.74, 6) is -0.522. The summed E-state index contributed by atoms with van der Waals surface area (Å²) in [5, 5.41) is 17.2. The molecule has 1 aromatic heterocycles. The van der Waals surface area contributed by atoms with Gasteiger partial charge in [-0.2, -0.15) is 0 Å². The van der Waals surface area contributed by atoms with Crippen LogP contribution in [0.4, 0.5) is 4.79 Å². The van der Waals surface area contributed by atoms with E-state index < -0.39 is 24.1 Å². The van der Waals surface area contributed by atoms with Crippen LogP contribution in [-0.2, 0) is 22.7 Å². The van der Waals surface area contributed by atoms with Crippen molar-refractivity contribution in [3.63, 3.8) is 0 Å². The third kappa shape index (κ3) is 10.9. The lowest BCUT2D eigenvalue weighted by atomic mass is 10.0. The normalized spacial score (nSPS) is 12.2. The first-order chi connectivity index (χ1) is 19.9. The van der Waals surface area contributed by atoms with Gasteiger partial charge in [-0.1, -0.05) is 81.6 Å². The lowest BCUT2D eigenvalue weighted by Crippen LogP contribution is -2.51. The zero-order chi connectivity index (χ0) is 29.5. The van der Waals surface area contributed by atoms with E-state index in [1.165, 1.54) is 0 Å². The maximum atomic E-state index is 13.9. The molecule has 220 valence electrons. The van der Waals surface area contributed by atoms with Crippen molar-refractivity contribution < 1.29 is 24.2 Å². The minimum atomic E-state index is -1.04. The molecule has 9 heteroatoms. The van der Waals surface area contributed by atoms with Gasteiger partial charge < -0.3 is 25.4 Å². The van der Waals surface area contributed by atoms with Crippen LogP contribution >= 0.6 is 11.3 Å². The van der Waals surface area contributed by atoms with E-state index in [2.05, 4.69) is 17.6 Å². The Morgan fingerprint density at radius 1 is 0.902 bits per heavy atom. The molecule has 2 atom stereocenters. The van der Waals surface area contributed by atoms with Crippen molar-refractivity contribution in [1.29, 1.82) is 0 Å². The first-order valence-electron chi connectivity index (χ1n) is 14.3. The predicted octanol–water partition coefficient (Wildman–Crippen LogP) is 6.53. The highest BCUT2D eigenvalue weighted by Gasteiger charge is 2.28. The first kappa shape index (κ1) is 31.7. The van der Waals surface area contributed by atoms with Crippen LogP contribution in [0.3, 0.4) is 0 Å². The summed E-state index contributed by atoms with van der Waals surface area (Å²) in [6, 6.07) is 18.7. The Labute approximate surface area is 246 Å². The van der Waals surface area contributed by atoms with E-state index >= 15 is 0 Å². The van der Waals surface area contributed by atoms with Crippen LogP contribution in [0, 0.1) is 0 Å². The van der Waals surface area contributed by atoms with Gasteiger partial charge in [0.25, 0.3) is 0 Å². The number of rotatable bonds is 17. The molecule has 0 aliphatic heterocycles. The number of nitrogens with one attached hydrogen (secondary N) is 2. The highest BCUT2D eigenvalue weighted by Crippen LogP contribution is 2.22. The van der Waals surface area contributed by atoms with E-state index in [1.807, 2.05) is 54.8 Å². The first-order valence-corrected chi connectivity index (χ1v) is 15.1. The zero-order valence-electron chi connectivity index (χ0n) is 23.9. The fourth-order valence-corrected chi connectivity index (χ4v) is 5.13. The van der Waals surface area contributed by atoms with Crippen LogP contribution in [0.1, 0.15) is 74.4 Å². The molecule has 0 radical (unpaired) electrons. The number of carbonyl (C=O) groups is 3. The molecule has 3 amide bonds. The largest absolute Gasteiger partial charge is 0.494 e. The van der Waals surface area contributed by atoms with Gasteiger partial charge in [-0.05, 0) is 47.5 Å². The van der Waals surface area contributed by atoms with Gasteiger partial charge in [0.15, 0.2) is 0 Å². The molecule has 0 fully saturated rings. The number of amides is 3. The van der Waals surface area contributed by atoms with Gasteiger partial charge in [-0.15, -0.1) is 11.3 Å². The number of urea groups is 1. The molecule has 0 saturated carbocycles. The second-order valence-corrected chi connectivity index (χ2v) is 11.0. The van der Waals surface area contributed by atoms with Gasteiger partial charge in [0, 0.05) is 11.4 Å². The zero-order valence-corrected chi connectivity index (χ0v) is 24.7. The number of carboxylic acids is 1. The van der Waals surface area contributed by atoms with Crippen LogP contribution in [0.25, 0.3) is 0 Å². The molecule has 1 heterocycles. The lowest BCUT2D eigenvalue weighted by Gasteiger charge is -2.28. The minimum absolute atomic E-state index is 0.172. The number of unbranched alkanes of at least 4 members (excludes halogenated alkanes) is 2. The van der Waals surface area contributed by atoms with Gasteiger partial charge in [0.05, 0.1) is 25.6 Å². The van der Waals surface area contributed by atoms with E-state index in [0.717, 1.165) is 36.1 Å². The van der Waals surface area contributed by atoms with Crippen molar-refractivity contribution in [2.24, 2.45) is 0 Å². The molecular weight excluding hydrogens is 538 g/mol. The summed E-state index contributed by atoms with van der Waals surface area (Å²) in [5.41, 5.74) is 1.64. The van der Waals surface area contributed by atoms with E-state index in [4.69, 9.17) is 4.74 Å². The Morgan fingerprint density at radius 2 is 1.63 bits per heavy atom. The summed E-state index contributed by atoms with van der Waals surface area (Å²) < 4.78 is 5.70. The molecule has 0 bridgehead atoms. The van der Waals surface area contributed by atoms with Crippen LogP contribution in [-0.4, -0.2) is 40.6 Å². The number of nitrogens with zero attached hydrogens (tertiary/aromatic N) is 1. The SMILES string of the molecule is CCCCOc1ccc([C@@H](CC(=O)O)NC(=O)N[C@H](CCCC)C(=O)N(Cc2ccccc2)Cc2cccs2)cc1. The van der Waals surface area contributed by atoms with Gasteiger partial charge in [-0.3, -0.25) is 9.59 Å². The van der Waals surface area contributed by atoms with Crippen LogP contribution in [0.5, 0.6) is 5.75 Å². The number of aliphatic carboxylic acids is 1. The Balaban J connectivity index is 1.74. The van der Waals surface area contributed by atoms with E-state index in [-0.39, 0.29) is 12.3 Å². The predicted molar refractivity (Wildman–Crippen MR) is 162 cm³/mol. The Morgan fingerprint density at radius 3 is 2.27 bits per heavy atom. The fourth-order valence-electron chi connectivity index (χ4n) is 4.41. The second-order valence-electron chi connectivity index (χ2n) is 9.99. The molecule has 41 heavy (non-hydrogen) atoms. The van der Waals surface area contributed by atoms with E-state index in [0.29, 0.717) is 37.4 Å². The van der Waals surface area contributed by atoms with Gasteiger partial charge in [0.1, 0.15) is 11.8 Å². The summed E-state index contributed by atoms with van der Waals surface area (Å²) in [6.45, 7) is 5.58. The molecule has 0 spiro atoms. The van der Waals surface area contributed by atoms with Crippen molar-refractivity contribution >= 4 is 29.2 Å². The summed E-state index contributed by atoms with van der Waals surface area (Å²) in [6.07, 6.45) is 3.77. The molecule has 0 unspecified atom stereocenters. The third-order valence-electron chi connectivity index (χ3n) is 6.64. The molecule has 2 aromatic carbocycles. The van der Waals surface area contributed by atoms with Crippen molar-refractivity contribution in [3.8, 4) is 5.75 Å². The molecule has 3 rings (SSSR count). The molecule has 3 N–H and O–H groups in total. The number of hydrogen-bond donors (Lipinski definition) is 3. The average molecular weight is 580 g/mol. The highest BCUT2D eigenvalue weighted by atomic mass is 32.1. The number of carbonyl (C=O) groups excluding carboxylic acids is 2. The second kappa shape index (κ2) is 17.1. The van der Waals surface area contributed by atoms with Crippen LogP contribution in [0.2, 0.25) is 0 Å². The van der Waals surface area contributed by atoms with Crippen LogP contribution < -0.4 is 15.4 Å². The molecule has 8 nitrogen and oxygen atoms in total. The molecule has 0 aliphatic rings.